The Balaban J connectivity index is 1.96. The van der Waals surface area contributed by atoms with Gasteiger partial charge >= 0.3 is 0 Å². The molecule has 1 N–H and O–H groups in total. The molecule has 3 heterocycles. The summed E-state index contributed by atoms with van der Waals surface area (Å²) in [4.78, 5) is 48.3. The van der Waals surface area contributed by atoms with Crippen LogP contribution in [0.1, 0.15) is 39.0 Å². The Morgan fingerprint density at radius 2 is 1.95 bits per heavy atom. The van der Waals surface area contributed by atoms with Gasteiger partial charge in [0.2, 0.25) is 12.3 Å². The van der Waals surface area contributed by atoms with Crippen LogP contribution in [0.5, 0.6) is 5.75 Å². The number of amides is 2. The Morgan fingerprint density at radius 3 is 2.55 bits per heavy atom. The molecule has 1 aliphatic heterocycles. The lowest BCUT2D eigenvalue weighted by Gasteiger charge is -2.41. The van der Waals surface area contributed by atoms with Crippen molar-refractivity contribution in [1.29, 1.82) is 0 Å². The summed E-state index contributed by atoms with van der Waals surface area (Å²) in [5, 5.41) is 10.6. The number of phenolic OH excluding ortho intramolecular Hbond substituents is 1. The Labute approximate surface area is 249 Å². The zero-order valence-electron chi connectivity index (χ0n) is 24.2. The highest BCUT2D eigenvalue weighted by Crippen LogP contribution is 2.40. The molecule has 1 aromatic carbocycles. The van der Waals surface area contributed by atoms with Gasteiger partial charge in [0.25, 0.3) is 0 Å². The van der Waals surface area contributed by atoms with Crippen molar-refractivity contribution in [2.75, 3.05) is 31.6 Å². The second-order valence-corrected chi connectivity index (χ2v) is 11.3. The molecule has 0 radical (unpaired) electrons. The minimum Gasteiger partial charge on any atom is -0.507 e. The zero-order valence-corrected chi connectivity index (χ0v) is 24.9. The standard InChI is InChI=1S/C30H33ClFN7O3/c1-7-23(42)37-13-14-38(18(2)16-37)27(33-6)19-15-20(31)25(24-21(32)9-8-10-22(24)41)36-28(19)39(17-40)29-26(30(3,4)5)34-11-12-35-29/h7-12,15,17-18,41H,1,13-14,16H2,2-6H3/b33-27+. The van der Waals surface area contributed by atoms with Gasteiger partial charge in [0.15, 0.2) is 11.6 Å². The molecule has 220 valence electrons. The summed E-state index contributed by atoms with van der Waals surface area (Å²) in [7, 11) is 1.60. The van der Waals surface area contributed by atoms with Crippen LogP contribution in [0.4, 0.5) is 16.0 Å². The van der Waals surface area contributed by atoms with Gasteiger partial charge in [-0.05, 0) is 31.2 Å². The number of nitrogens with zero attached hydrogens (tertiary/aromatic N) is 7. The van der Waals surface area contributed by atoms with Crippen molar-refractivity contribution in [2.24, 2.45) is 4.99 Å². The van der Waals surface area contributed by atoms with Crippen molar-refractivity contribution < 1.29 is 19.1 Å². The highest BCUT2D eigenvalue weighted by molar-refractivity contribution is 6.33. The van der Waals surface area contributed by atoms with Crippen LogP contribution in [0, 0.1) is 5.82 Å². The van der Waals surface area contributed by atoms with Crippen LogP contribution < -0.4 is 4.90 Å². The number of aromatic hydroxyl groups is 1. The quantitative estimate of drug-likeness (QED) is 0.190. The molecular formula is C30H33ClFN7O3. The SMILES string of the molecule is C=CC(=O)N1CCN(/C(=N/C)c2cc(Cl)c(-c3c(O)cccc3F)nc2N(C=O)c2nccnc2C(C)(C)C)C(C)C1. The molecule has 3 aromatic rings. The summed E-state index contributed by atoms with van der Waals surface area (Å²) in [6, 6.07) is 5.25. The van der Waals surface area contributed by atoms with Gasteiger partial charge < -0.3 is 14.9 Å². The largest absolute Gasteiger partial charge is 0.507 e. The number of carbonyl (C=O) groups excluding carboxylic acids is 2. The third-order valence-electron chi connectivity index (χ3n) is 6.97. The topological polar surface area (TPSA) is 115 Å². The van der Waals surface area contributed by atoms with Crippen molar-refractivity contribution in [3.63, 3.8) is 0 Å². The predicted octanol–water partition coefficient (Wildman–Crippen LogP) is 4.72. The number of phenols is 1. The summed E-state index contributed by atoms with van der Waals surface area (Å²) in [5.74, 6) is -0.524. The van der Waals surface area contributed by atoms with E-state index in [1.165, 1.54) is 41.6 Å². The molecule has 12 heteroatoms. The Hall–Kier alpha value is -4.38. The fourth-order valence-electron chi connectivity index (χ4n) is 4.99. The second kappa shape index (κ2) is 12.2. The molecule has 1 aliphatic rings. The molecule has 42 heavy (non-hydrogen) atoms. The van der Waals surface area contributed by atoms with E-state index in [-0.39, 0.29) is 45.6 Å². The van der Waals surface area contributed by atoms with Gasteiger partial charge in [-0.15, -0.1) is 0 Å². The van der Waals surface area contributed by atoms with Gasteiger partial charge in [0, 0.05) is 50.5 Å². The van der Waals surface area contributed by atoms with Crippen LogP contribution in [-0.2, 0) is 15.0 Å². The minimum absolute atomic E-state index is 0.0319. The lowest BCUT2D eigenvalue weighted by molar-refractivity contribution is -0.128. The molecule has 4 rings (SSSR count). The van der Waals surface area contributed by atoms with E-state index in [1.54, 1.807) is 18.0 Å². The van der Waals surface area contributed by atoms with Crippen molar-refractivity contribution >= 4 is 41.4 Å². The van der Waals surface area contributed by atoms with Crippen molar-refractivity contribution in [3.05, 3.63) is 71.4 Å². The average molecular weight is 594 g/mol. The van der Waals surface area contributed by atoms with E-state index < -0.39 is 11.2 Å². The van der Waals surface area contributed by atoms with Gasteiger partial charge in [-0.3, -0.25) is 19.6 Å². The smallest absolute Gasteiger partial charge is 0.246 e. The number of hydrogen-bond donors (Lipinski definition) is 1. The van der Waals surface area contributed by atoms with Gasteiger partial charge in [0.1, 0.15) is 17.4 Å². The summed E-state index contributed by atoms with van der Waals surface area (Å²) >= 11 is 6.72. The molecular weight excluding hydrogens is 561 g/mol. The van der Waals surface area contributed by atoms with Crippen LogP contribution in [0.15, 0.2) is 54.3 Å². The van der Waals surface area contributed by atoms with Crippen LogP contribution in [0.25, 0.3) is 11.3 Å². The molecule has 1 unspecified atom stereocenters. The number of amidine groups is 1. The van der Waals surface area contributed by atoms with E-state index in [2.05, 4.69) is 26.5 Å². The third kappa shape index (κ3) is 5.82. The Kier molecular flexibility index (Phi) is 8.91. The normalized spacial score (nSPS) is 15.9. The summed E-state index contributed by atoms with van der Waals surface area (Å²) in [6.07, 6.45) is 4.84. The first-order valence-corrected chi connectivity index (χ1v) is 13.7. The number of pyridine rings is 1. The summed E-state index contributed by atoms with van der Waals surface area (Å²) in [6.45, 7) is 12.6. The van der Waals surface area contributed by atoms with Crippen LogP contribution in [0.3, 0.4) is 0 Å². The maximum Gasteiger partial charge on any atom is 0.246 e. The zero-order chi connectivity index (χ0) is 30.8. The average Bonchev–Trinajstić information content (AvgIpc) is 2.95. The van der Waals surface area contributed by atoms with E-state index in [9.17, 15) is 14.7 Å². The van der Waals surface area contributed by atoms with E-state index >= 15 is 4.39 Å². The number of rotatable bonds is 6. The van der Waals surface area contributed by atoms with Gasteiger partial charge in [-0.25, -0.2) is 19.3 Å². The van der Waals surface area contributed by atoms with Crippen molar-refractivity contribution in [2.45, 2.75) is 39.2 Å². The maximum absolute atomic E-state index is 15.0. The molecule has 1 saturated heterocycles. The van der Waals surface area contributed by atoms with Crippen molar-refractivity contribution in [1.82, 2.24) is 24.8 Å². The number of anilines is 2. The Bertz CT molecular complexity index is 1540. The first-order valence-electron chi connectivity index (χ1n) is 13.3. The fourth-order valence-corrected chi connectivity index (χ4v) is 5.24. The van der Waals surface area contributed by atoms with E-state index in [0.29, 0.717) is 43.1 Å². The molecule has 0 aliphatic carbocycles. The number of halogens is 2. The molecule has 2 aromatic heterocycles. The molecule has 0 spiro atoms. The molecule has 1 fully saturated rings. The van der Waals surface area contributed by atoms with E-state index in [1.807, 2.05) is 32.6 Å². The van der Waals surface area contributed by atoms with Gasteiger partial charge in [-0.1, -0.05) is 45.0 Å². The lowest BCUT2D eigenvalue weighted by atomic mass is 9.91. The lowest BCUT2D eigenvalue weighted by Crippen LogP contribution is -2.55. The number of aromatic nitrogens is 3. The third-order valence-corrected chi connectivity index (χ3v) is 7.26. The second-order valence-electron chi connectivity index (χ2n) is 10.9. The summed E-state index contributed by atoms with van der Waals surface area (Å²) in [5.41, 5.74) is 0.110. The maximum atomic E-state index is 15.0. The number of carbonyl (C=O) groups is 2. The highest BCUT2D eigenvalue weighted by Gasteiger charge is 2.33. The molecule has 2 amide bonds. The Morgan fingerprint density at radius 1 is 1.24 bits per heavy atom. The molecule has 1 atom stereocenters. The molecule has 0 saturated carbocycles. The first kappa shape index (κ1) is 30.6. The predicted molar refractivity (Wildman–Crippen MR) is 161 cm³/mol. The van der Waals surface area contributed by atoms with Crippen molar-refractivity contribution in [3.8, 4) is 17.0 Å². The molecule has 10 nitrogen and oxygen atoms in total. The molecule has 0 bridgehead atoms. The van der Waals surface area contributed by atoms with Crippen LogP contribution in [0.2, 0.25) is 5.02 Å². The summed E-state index contributed by atoms with van der Waals surface area (Å²) < 4.78 is 15.0. The van der Waals surface area contributed by atoms with Crippen LogP contribution >= 0.6 is 11.6 Å². The highest BCUT2D eigenvalue weighted by atomic mass is 35.5. The monoisotopic (exact) mass is 593 g/mol. The minimum atomic E-state index is -0.739. The first-order chi connectivity index (χ1) is 19.9. The number of hydrogen-bond acceptors (Lipinski definition) is 7. The number of aliphatic imine (C=N–C) groups is 1. The van der Waals surface area contributed by atoms with E-state index in [0.717, 1.165) is 0 Å². The van der Waals surface area contributed by atoms with Crippen LogP contribution in [-0.4, -0.2) is 80.7 Å². The van der Waals surface area contributed by atoms with E-state index in [4.69, 9.17) is 11.6 Å². The fraction of sp³-hybridized carbons (Fsp3) is 0.333. The number of piperazine rings is 1. The van der Waals surface area contributed by atoms with Gasteiger partial charge in [0.05, 0.1) is 27.5 Å². The van der Waals surface area contributed by atoms with Gasteiger partial charge in [-0.2, -0.15) is 0 Å². The number of benzene rings is 1.